The van der Waals surface area contributed by atoms with Crippen molar-refractivity contribution in [2.45, 2.75) is 6.54 Å². The lowest BCUT2D eigenvalue weighted by molar-refractivity contribution is 0.367. The highest BCUT2D eigenvalue weighted by atomic mass is 31.2. The van der Waals surface area contributed by atoms with Crippen LogP contribution in [0, 0.1) is 0 Å². The Hall–Kier alpha value is -2.30. The summed E-state index contributed by atoms with van der Waals surface area (Å²) in [5, 5.41) is 2.75. The highest BCUT2D eigenvalue weighted by Gasteiger charge is 2.13. The Labute approximate surface area is 146 Å². The van der Waals surface area contributed by atoms with Gasteiger partial charge in [0.2, 0.25) is 0 Å². The first-order chi connectivity index (χ1) is 12.0. The van der Waals surface area contributed by atoms with E-state index in [9.17, 15) is 4.57 Å². The second-order valence-electron chi connectivity index (χ2n) is 5.68. The fourth-order valence-electron chi connectivity index (χ4n) is 2.59. The van der Waals surface area contributed by atoms with Gasteiger partial charge in [0.05, 0.1) is 17.7 Å². The van der Waals surface area contributed by atoms with Crippen molar-refractivity contribution in [2.75, 3.05) is 6.29 Å². The molecule has 0 aliphatic heterocycles. The van der Waals surface area contributed by atoms with Gasteiger partial charge in [-0.1, -0.05) is 66.7 Å². The van der Waals surface area contributed by atoms with Gasteiger partial charge in [0.25, 0.3) is 0 Å². The number of rotatable bonds is 6. The smallest absolute Gasteiger partial charge is 0.324 e. The third kappa shape index (κ3) is 4.84. The topological polar surface area (TPSA) is 82.5 Å². The Morgan fingerprint density at radius 2 is 1.44 bits per heavy atom. The molecule has 1 aromatic heterocycles. The van der Waals surface area contributed by atoms with Crippen LogP contribution in [0.4, 0.5) is 0 Å². The summed E-state index contributed by atoms with van der Waals surface area (Å²) in [5.41, 5.74) is 4.67. The average molecular weight is 354 g/mol. The summed E-state index contributed by atoms with van der Waals surface area (Å²) < 4.78 is 11.0. The standard InChI is InChI=1S/C19H19N2O3P/c22-25(23,24)14-20-13-17-11-12-18(15-7-3-1-4-8-15)19(21-17)16-9-5-2-6-10-16/h1-12,20H,13-14H2,(H2,22,23,24). The summed E-state index contributed by atoms with van der Waals surface area (Å²) in [6.07, 6.45) is -0.365. The van der Waals surface area contributed by atoms with Crippen LogP contribution in [-0.2, 0) is 11.1 Å². The maximum absolute atomic E-state index is 11.0. The van der Waals surface area contributed by atoms with E-state index in [1.807, 2.05) is 72.8 Å². The molecular weight excluding hydrogens is 335 g/mol. The van der Waals surface area contributed by atoms with E-state index >= 15 is 0 Å². The van der Waals surface area contributed by atoms with Gasteiger partial charge >= 0.3 is 7.60 Å². The van der Waals surface area contributed by atoms with Crippen molar-refractivity contribution >= 4 is 7.60 Å². The molecule has 25 heavy (non-hydrogen) atoms. The number of nitrogens with one attached hydrogen (secondary N) is 1. The predicted octanol–water partition coefficient (Wildman–Crippen LogP) is 3.64. The van der Waals surface area contributed by atoms with E-state index in [1.165, 1.54) is 0 Å². The lowest BCUT2D eigenvalue weighted by Crippen LogP contribution is -2.16. The molecule has 6 heteroatoms. The number of hydrogen-bond donors (Lipinski definition) is 3. The van der Waals surface area contributed by atoms with Crippen LogP contribution in [0.5, 0.6) is 0 Å². The Morgan fingerprint density at radius 3 is 2.04 bits per heavy atom. The van der Waals surface area contributed by atoms with Gasteiger partial charge in [-0.2, -0.15) is 0 Å². The summed E-state index contributed by atoms with van der Waals surface area (Å²) in [6.45, 7) is 0.292. The molecule has 5 nitrogen and oxygen atoms in total. The summed E-state index contributed by atoms with van der Waals surface area (Å²) in [7, 11) is -4.07. The molecule has 0 spiro atoms. The summed E-state index contributed by atoms with van der Waals surface area (Å²) in [4.78, 5) is 22.6. The molecule has 0 fully saturated rings. The van der Waals surface area contributed by atoms with E-state index in [-0.39, 0.29) is 6.29 Å². The molecule has 0 unspecified atom stereocenters. The Bertz CT molecular complexity index is 880. The molecule has 2 aromatic carbocycles. The minimum atomic E-state index is -4.07. The normalized spacial score (nSPS) is 11.4. The van der Waals surface area contributed by atoms with Crippen molar-refractivity contribution in [2.24, 2.45) is 0 Å². The third-order valence-corrected chi connectivity index (χ3v) is 4.34. The van der Waals surface area contributed by atoms with Crippen LogP contribution in [0.25, 0.3) is 22.4 Å². The summed E-state index contributed by atoms with van der Waals surface area (Å²) in [5.74, 6) is 0. The van der Waals surface area contributed by atoms with Gasteiger partial charge in [0.1, 0.15) is 0 Å². The molecule has 0 radical (unpaired) electrons. The van der Waals surface area contributed by atoms with Crippen LogP contribution in [0.15, 0.2) is 72.8 Å². The highest BCUT2D eigenvalue weighted by molar-refractivity contribution is 7.51. The first-order valence-electron chi connectivity index (χ1n) is 7.89. The van der Waals surface area contributed by atoms with E-state index < -0.39 is 7.60 Å². The van der Waals surface area contributed by atoms with E-state index in [0.717, 1.165) is 28.1 Å². The molecule has 3 aromatic rings. The zero-order valence-electron chi connectivity index (χ0n) is 13.5. The molecule has 0 saturated carbocycles. The van der Waals surface area contributed by atoms with Gasteiger partial charge in [-0.3, -0.25) is 9.55 Å². The molecule has 3 rings (SSSR count). The van der Waals surface area contributed by atoms with Crippen LogP contribution in [-0.4, -0.2) is 21.1 Å². The van der Waals surface area contributed by atoms with Crippen molar-refractivity contribution in [1.29, 1.82) is 0 Å². The first kappa shape index (κ1) is 17.5. The molecule has 0 aliphatic rings. The summed E-state index contributed by atoms with van der Waals surface area (Å²) in [6, 6.07) is 23.8. The molecule has 0 aliphatic carbocycles. The van der Waals surface area contributed by atoms with Gasteiger partial charge in [0.15, 0.2) is 0 Å². The SMILES string of the molecule is O=P(O)(O)CNCc1ccc(-c2ccccc2)c(-c2ccccc2)n1. The highest BCUT2D eigenvalue weighted by Crippen LogP contribution is 2.33. The van der Waals surface area contributed by atoms with Crippen molar-refractivity contribution < 1.29 is 14.4 Å². The van der Waals surface area contributed by atoms with Crippen molar-refractivity contribution in [1.82, 2.24) is 10.3 Å². The Balaban J connectivity index is 1.95. The van der Waals surface area contributed by atoms with E-state index in [1.54, 1.807) is 0 Å². The van der Waals surface area contributed by atoms with Crippen LogP contribution in [0.3, 0.4) is 0 Å². The van der Waals surface area contributed by atoms with Gasteiger partial charge in [-0.25, -0.2) is 0 Å². The number of pyridine rings is 1. The molecule has 0 atom stereocenters. The maximum atomic E-state index is 11.0. The van der Waals surface area contributed by atoms with E-state index in [2.05, 4.69) is 5.32 Å². The van der Waals surface area contributed by atoms with E-state index in [0.29, 0.717) is 6.54 Å². The molecule has 0 bridgehead atoms. The lowest BCUT2D eigenvalue weighted by Gasteiger charge is -2.12. The average Bonchev–Trinajstić information content (AvgIpc) is 2.62. The van der Waals surface area contributed by atoms with Gasteiger partial charge < -0.3 is 15.1 Å². The van der Waals surface area contributed by atoms with Crippen LogP contribution in [0.1, 0.15) is 5.69 Å². The van der Waals surface area contributed by atoms with Gasteiger partial charge in [-0.15, -0.1) is 0 Å². The molecule has 0 saturated heterocycles. The van der Waals surface area contributed by atoms with E-state index in [4.69, 9.17) is 14.8 Å². The van der Waals surface area contributed by atoms with Gasteiger partial charge in [-0.05, 0) is 11.6 Å². The number of benzene rings is 2. The zero-order chi connectivity index (χ0) is 17.7. The number of aromatic nitrogens is 1. The predicted molar refractivity (Wildman–Crippen MR) is 98.9 cm³/mol. The van der Waals surface area contributed by atoms with Crippen LogP contribution >= 0.6 is 7.60 Å². The molecular formula is C19H19N2O3P. The third-order valence-electron chi connectivity index (χ3n) is 3.71. The second kappa shape index (κ2) is 7.72. The van der Waals surface area contributed by atoms with Crippen LogP contribution < -0.4 is 5.32 Å². The number of hydrogen-bond acceptors (Lipinski definition) is 3. The minimum Gasteiger partial charge on any atom is -0.324 e. The summed E-state index contributed by atoms with van der Waals surface area (Å²) >= 11 is 0. The van der Waals surface area contributed by atoms with Crippen molar-refractivity contribution in [3.05, 3.63) is 78.5 Å². The molecule has 0 amide bonds. The second-order valence-corrected chi connectivity index (χ2v) is 7.33. The van der Waals surface area contributed by atoms with Crippen LogP contribution in [0.2, 0.25) is 0 Å². The fraction of sp³-hybridized carbons (Fsp3) is 0.105. The van der Waals surface area contributed by atoms with Crippen molar-refractivity contribution in [3.63, 3.8) is 0 Å². The number of nitrogens with zero attached hydrogens (tertiary/aromatic N) is 1. The quantitative estimate of drug-likeness (QED) is 0.589. The molecule has 1 heterocycles. The monoisotopic (exact) mass is 354 g/mol. The zero-order valence-corrected chi connectivity index (χ0v) is 14.4. The lowest BCUT2D eigenvalue weighted by atomic mass is 9.99. The molecule has 128 valence electrons. The van der Waals surface area contributed by atoms with Crippen molar-refractivity contribution in [3.8, 4) is 22.4 Å². The molecule has 3 N–H and O–H groups in total. The Kier molecular flexibility index (Phi) is 5.41. The maximum Gasteiger partial charge on any atom is 0.339 e. The first-order valence-corrected chi connectivity index (χ1v) is 9.69. The fourth-order valence-corrected chi connectivity index (χ4v) is 3.00. The van der Waals surface area contributed by atoms with Gasteiger partial charge in [0, 0.05) is 17.7 Å². The largest absolute Gasteiger partial charge is 0.339 e. The Morgan fingerprint density at radius 1 is 0.840 bits per heavy atom. The minimum absolute atomic E-state index is 0.292.